The van der Waals surface area contributed by atoms with Crippen LogP contribution in [0.3, 0.4) is 0 Å². The molecule has 46 heavy (non-hydrogen) atoms. The van der Waals surface area contributed by atoms with Crippen molar-refractivity contribution in [3.05, 3.63) is 121 Å². The van der Waals surface area contributed by atoms with E-state index in [1.165, 1.54) is 6.07 Å². The molecule has 0 saturated heterocycles. The predicted octanol–water partition coefficient (Wildman–Crippen LogP) is 10.8. The van der Waals surface area contributed by atoms with Gasteiger partial charge >= 0.3 is 15.6 Å². The van der Waals surface area contributed by atoms with Crippen molar-refractivity contribution in [2.75, 3.05) is 4.90 Å². The first kappa shape index (κ1) is 26.8. The second-order valence-corrected chi connectivity index (χ2v) is 12.8. The Bertz CT molecular complexity index is 2740. The lowest BCUT2D eigenvalue weighted by atomic mass is 9.92. The minimum atomic E-state index is -5.87. The van der Waals surface area contributed by atoms with Crippen LogP contribution in [0.5, 0.6) is 5.75 Å². The molecule has 9 aromatic rings. The van der Waals surface area contributed by atoms with Crippen LogP contribution >= 0.6 is 0 Å². The van der Waals surface area contributed by atoms with E-state index in [1.807, 2.05) is 72.8 Å². The van der Waals surface area contributed by atoms with E-state index in [4.69, 9.17) is 4.42 Å². The molecule has 0 atom stereocenters. The minimum Gasteiger partial charge on any atom is -0.454 e. The van der Waals surface area contributed by atoms with Crippen LogP contribution in [0.1, 0.15) is 0 Å². The molecule has 0 unspecified atom stereocenters. The van der Waals surface area contributed by atoms with Crippen molar-refractivity contribution in [3.8, 4) is 5.75 Å². The fourth-order valence-electron chi connectivity index (χ4n) is 6.77. The molecule has 0 aliphatic rings. The van der Waals surface area contributed by atoms with E-state index in [9.17, 15) is 21.6 Å². The number of halogens is 3. The quantitative estimate of drug-likeness (QED) is 0.107. The van der Waals surface area contributed by atoms with Crippen LogP contribution in [-0.2, 0) is 10.1 Å². The highest BCUT2D eigenvalue weighted by molar-refractivity contribution is 7.88. The van der Waals surface area contributed by atoms with Crippen LogP contribution in [0, 0.1) is 0 Å². The summed E-state index contributed by atoms with van der Waals surface area (Å²) in [5.41, 5.74) is -1.54. The van der Waals surface area contributed by atoms with Gasteiger partial charge in [0.05, 0.1) is 11.4 Å². The molecule has 0 radical (unpaired) electrons. The van der Waals surface area contributed by atoms with Crippen LogP contribution in [0.4, 0.5) is 30.2 Å². The minimum absolute atomic E-state index is 0.261. The van der Waals surface area contributed by atoms with Crippen molar-refractivity contribution in [1.82, 2.24) is 0 Å². The third-order valence-corrected chi connectivity index (χ3v) is 9.68. The number of anilines is 3. The van der Waals surface area contributed by atoms with Crippen LogP contribution in [-0.4, -0.2) is 13.9 Å². The van der Waals surface area contributed by atoms with Crippen molar-refractivity contribution in [1.29, 1.82) is 0 Å². The van der Waals surface area contributed by atoms with Gasteiger partial charge in [0.15, 0.2) is 11.3 Å². The number of hydrogen-bond donors (Lipinski definition) is 0. The smallest absolute Gasteiger partial charge is 0.454 e. The molecule has 224 valence electrons. The second-order valence-electron chi connectivity index (χ2n) is 11.3. The number of rotatable bonds is 5. The Labute approximate surface area is 259 Å². The van der Waals surface area contributed by atoms with Gasteiger partial charge in [-0.1, -0.05) is 78.9 Å². The Morgan fingerprint density at radius 2 is 1.15 bits per heavy atom. The Morgan fingerprint density at radius 3 is 1.89 bits per heavy atom. The molecule has 0 spiro atoms. The van der Waals surface area contributed by atoms with E-state index in [-0.39, 0.29) is 11.1 Å². The van der Waals surface area contributed by atoms with Crippen molar-refractivity contribution in [2.45, 2.75) is 5.51 Å². The van der Waals surface area contributed by atoms with Gasteiger partial charge in [-0.15, -0.1) is 0 Å². The molecular weight excluding hydrogens is 611 g/mol. The summed E-state index contributed by atoms with van der Waals surface area (Å²) in [7, 11) is -5.87. The van der Waals surface area contributed by atoms with Crippen molar-refractivity contribution in [3.63, 3.8) is 0 Å². The summed E-state index contributed by atoms with van der Waals surface area (Å²) in [4.78, 5) is 2.12. The van der Waals surface area contributed by atoms with Crippen molar-refractivity contribution < 1.29 is 30.2 Å². The molecule has 1 heterocycles. The average Bonchev–Trinajstić information content (AvgIpc) is 3.45. The van der Waals surface area contributed by atoms with Crippen LogP contribution in [0.15, 0.2) is 126 Å². The summed E-state index contributed by atoms with van der Waals surface area (Å²) >= 11 is 0. The third-order valence-electron chi connectivity index (χ3n) is 8.71. The highest BCUT2D eigenvalue weighted by Gasteiger charge is 2.48. The molecule has 0 aliphatic heterocycles. The van der Waals surface area contributed by atoms with E-state index in [0.717, 1.165) is 71.3 Å². The highest BCUT2D eigenvalue weighted by atomic mass is 32.2. The molecule has 0 amide bonds. The van der Waals surface area contributed by atoms with Gasteiger partial charge in [0.25, 0.3) is 0 Å². The van der Waals surface area contributed by atoms with Gasteiger partial charge in [-0.2, -0.15) is 21.6 Å². The molecule has 0 fully saturated rings. The molecule has 0 bridgehead atoms. The van der Waals surface area contributed by atoms with Crippen LogP contribution < -0.4 is 9.08 Å². The van der Waals surface area contributed by atoms with Crippen molar-refractivity contribution in [2.24, 2.45) is 0 Å². The Morgan fingerprint density at radius 1 is 0.565 bits per heavy atom. The lowest BCUT2D eigenvalue weighted by molar-refractivity contribution is -0.0499. The normalized spacial score (nSPS) is 12.8. The van der Waals surface area contributed by atoms with Gasteiger partial charge in [0, 0.05) is 32.6 Å². The molecule has 0 N–H and O–H groups in total. The number of para-hydroxylation sites is 1. The first-order chi connectivity index (χ1) is 22.2. The van der Waals surface area contributed by atoms with Crippen LogP contribution in [0.2, 0.25) is 0 Å². The standard InChI is InChI=1S/C37H20F3NO4S/c38-37(39,40)46(42,43)45-30-20-15-23-11-16-26-28(18-13-22-12-17-27(30)33(23)32(22)26)41(25-6-2-1-3-7-25)29-19-14-24-10-9-21-5-4-8-31-34(21)35(24)36(29)44-31/h1-20H. The average molecular weight is 632 g/mol. The fourth-order valence-corrected chi connectivity index (χ4v) is 7.25. The van der Waals surface area contributed by atoms with E-state index in [2.05, 4.69) is 33.3 Å². The van der Waals surface area contributed by atoms with Gasteiger partial charge in [-0.05, 0) is 69.4 Å². The summed E-state index contributed by atoms with van der Waals surface area (Å²) in [6.07, 6.45) is 0. The van der Waals surface area contributed by atoms with Gasteiger partial charge in [-0.3, -0.25) is 0 Å². The molecular formula is C37H20F3NO4S. The zero-order valence-corrected chi connectivity index (χ0v) is 24.5. The third kappa shape index (κ3) is 3.72. The van der Waals surface area contributed by atoms with E-state index >= 15 is 0 Å². The topological polar surface area (TPSA) is 59.8 Å². The summed E-state index contributed by atoms with van der Waals surface area (Å²) in [5.74, 6) is -0.387. The number of nitrogens with zero attached hydrogens (tertiary/aromatic N) is 1. The van der Waals surface area contributed by atoms with Crippen LogP contribution in [0.25, 0.3) is 65.0 Å². The van der Waals surface area contributed by atoms with E-state index < -0.39 is 15.6 Å². The molecule has 9 heteroatoms. The van der Waals surface area contributed by atoms with Gasteiger partial charge in [0.2, 0.25) is 0 Å². The first-order valence-corrected chi connectivity index (χ1v) is 15.8. The Hall–Kier alpha value is -5.54. The van der Waals surface area contributed by atoms with Gasteiger partial charge in [0.1, 0.15) is 5.58 Å². The number of furan rings is 1. The summed E-state index contributed by atoms with van der Waals surface area (Å²) in [5, 5.41) is 8.25. The zero-order chi connectivity index (χ0) is 31.4. The predicted molar refractivity (Wildman–Crippen MR) is 176 cm³/mol. The Kier molecular flexibility index (Phi) is 5.39. The number of alkyl halides is 3. The van der Waals surface area contributed by atoms with E-state index in [0.29, 0.717) is 5.39 Å². The monoisotopic (exact) mass is 631 g/mol. The largest absolute Gasteiger partial charge is 0.534 e. The lowest BCUT2D eigenvalue weighted by Crippen LogP contribution is -2.28. The van der Waals surface area contributed by atoms with Crippen molar-refractivity contribution >= 4 is 92.2 Å². The Balaban J connectivity index is 1.34. The number of benzene rings is 8. The molecule has 0 saturated carbocycles. The summed E-state index contributed by atoms with van der Waals surface area (Å²) in [6, 6.07) is 38.2. The SMILES string of the molecule is O=S(=O)(Oc1ccc2ccc3c(N(c4ccccc4)c4ccc5ccc6cccc7oc4c5c67)ccc4ccc1c2c43)C(F)(F)F. The lowest BCUT2D eigenvalue weighted by Gasteiger charge is -2.28. The zero-order valence-electron chi connectivity index (χ0n) is 23.7. The maximum atomic E-state index is 13.3. The highest BCUT2D eigenvalue weighted by Crippen LogP contribution is 2.49. The maximum Gasteiger partial charge on any atom is 0.534 e. The van der Waals surface area contributed by atoms with Gasteiger partial charge < -0.3 is 13.5 Å². The summed E-state index contributed by atoms with van der Waals surface area (Å²) < 4.78 is 75.1. The number of hydrogen-bond acceptors (Lipinski definition) is 5. The van der Waals surface area contributed by atoms with E-state index in [1.54, 1.807) is 18.2 Å². The molecule has 9 rings (SSSR count). The first-order valence-electron chi connectivity index (χ1n) is 14.4. The second kappa shape index (κ2) is 9.24. The summed E-state index contributed by atoms with van der Waals surface area (Å²) in [6.45, 7) is 0. The maximum absolute atomic E-state index is 13.3. The fraction of sp³-hybridized carbons (Fsp3) is 0.0270. The molecule has 8 aromatic carbocycles. The molecule has 0 aliphatic carbocycles. The molecule has 5 nitrogen and oxygen atoms in total. The van der Waals surface area contributed by atoms with Gasteiger partial charge in [-0.25, -0.2) is 0 Å². The molecule has 1 aromatic heterocycles.